The van der Waals surface area contributed by atoms with Crippen LogP contribution in [0.4, 0.5) is 0 Å². The smallest absolute Gasteiger partial charge is 0.248 e. The third kappa shape index (κ3) is 2.90. The molecule has 1 amide bonds. The summed E-state index contributed by atoms with van der Waals surface area (Å²) in [7, 11) is 6.17. The molecule has 1 fully saturated rings. The Kier molecular flexibility index (Phi) is 4.07. The zero-order chi connectivity index (χ0) is 11.5. The van der Waals surface area contributed by atoms with E-state index >= 15 is 0 Å². The Bertz CT molecular complexity index is 225. The lowest BCUT2D eigenvalue weighted by Crippen LogP contribution is -2.57. The molecule has 15 heavy (non-hydrogen) atoms. The molecule has 0 aromatic carbocycles. The number of hydrazine groups is 1. The van der Waals surface area contributed by atoms with Crippen LogP contribution in [0, 0.1) is 0 Å². The Morgan fingerprint density at radius 3 is 2.33 bits per heavy atom. The van der Waals surface area contributed by atoms with Gasteiger partial charge in [-0.05, 0) is 40.4 Å². The summed E-state index contributed by atoms with van der Waals surface area (Å²) in [6, 6.07) is 0. The van der Waals surface area contributed by atoms with Crippen LogP contribution in [0.1, 0.15) is 19.3 Å². The molecule has 0 radical (unpaired) electrons. The van der Waals surface area contributed by atoms with Gasteiger partial charge in [-0.2, -0.15) is 0 Å². The highest BCUT2D eigenvalue weighted by atomic mass is 16.2. The van der Waals surface area contributed by atoms with Crippen molar-refractivity contribution in [1.82, 2.24) is 15.2 Å². The van der Waals surface area contributed by atoms with Gasteiger partial charge in [0.15, 0.2) is 0 Å². The molecular formula is C10H22N4O. The van der Waals surface area contributed by atoms with Crippen molar-refractivity contribution in [2.45, 2.75) is 24.8 Å². The van der Waals surface area contributed by atoms with Crippen molar-refractivity contribution in [3.05, 3.63) is 0 Å². The van der Waals surface area contributed by atoms with Gasteiger partial charge in [-0.3, -0.25) is 15.1 Å². The highest BCUT2D eigenvalue weighted by Gasteiger charge is 2.39. The van der Waals surface area contributed by atoms with Crippen molar-refractivity contribution < 1.29 is 4.79 Å². The van der Waals surface area contributed by atoms with Crippen molar-refractivity contribution in [2.75, 3.05) is 34.2 Å². The molecule has 0 saturated heterocycles. The fraction of sp³-hybridized carbons (Fsp3) is 0.900. The highest BCUT2D eigenvalue weighted by molar-refractivity contribution is 5.77. The van der Waals surface area contributed by atoms with Gasteiger partial charge in [0.1, 0.15) is 0 Å². The molecule has 1 rings (SSSR count). The minimum atomic E-state index is -0.134. The Hall–Kier alpha value is -0.650. The van der Waals surface area contributed by atoms with E-state index in [1.807, 2.05) is 11.9 Å². The van der Waals surface area contributed by atoms with E-state index in [9.17, 15) is 4.79 Å². The molecule has 3 N–H and O–H groups in total. The molecule has 0 atom stereocenters. The van der Waals surface area contributed by atoms with Gasteiger partial charge in [-0.15, -0.1) is 0 Å². The van der Waals surface area contributed by atoms with E-state index in [2.05, 4.69) is 24.4 Å². The van der Waals surface area contributed by atoms with Gasteiger partial charge in [-0.1, -0.05) is 0 Å². The van der Waals surface area contributed by atoms with E-state index in [1.165, 1.54) is 19.3 Å². The van der Waals surface area contributed by atoms with Gasteiger partial charge in [0.05, 0.1) is 6.54 Å². The third-order valence-corrected chi connectivity index (χ3v) is 3.37. The van der Waals surface area contributed by atoms with Crippen LogP contribution in [0.25, 0.3) is 0 Å². The van der Waals surface area contributed by atoms with E-state index in [0.29, 0.717) is 6.54 Å². The molecule has 1 aliphatic carbocycles. The Labute approximate surface area is 91.6 Å². The normalized spacial score (nSPS) is 19.1. The molecule has 0 bridgehead atoms. The fourth-order valence-electron chi connectivity index (χ4n) is 2.18. The summed E-state index contributed by atoms with van der Waals surface area (Å²) in [6.07, 6.45) is 3.72. The van der Waals surface area contributed by atoms with Crippen LogP contribution >= 0.6 is 0 Å². The quantitative estimate of drug-likeness (QED) is 0.364. The van der Waals surface area contributed by atoms with Crippen LogP contribution in [0.2, 0.25) is 0 Å². The highest BCUT2D eigenvalue weighted by Crippen LogP contribution is 2.36. The number of likely N-dealkylation sites (N-methyl/N-ethyl adjacent to an activating group) is 2. The van der Waals surface area contributed by atoms with Gasteiger partial charge in [0.2, 0.25) is 5.91 Å². The Morgan fingerprint density at radius 2 is 2.00 bits per heavy atom. The van der Waals surface area contributed by atoms with Crippen LogP contribution < -0.4 is 11.3 Å². The van der Waals surface area contributed by atoms with E-state index < -0.39 is 0 Å². The summed E-state index contributed by atoms with van der Waals surface area (Å²) in [5.74, 6) is 4.92. The lowest BCUT2D eigenvalue weighted by Gasteiger charge is -2.49. The molecule has 5 nitrogen and oxygen atoms in total. The standard InChI is InChI=1S/C10H22N4O/c1-13(2)10(5-4-6-10)8-14(3)7-9(15)12-11/h4-8,11H2,1-3H3,(H,12,15). The van der Waals surface area contributed by atoms with Crippen LogP contribution in [-0.2, 0) is 4.79 Å². The number of nitrogens with two attached hydrogens (primary N) is 1. The summed E-state index contributed by atoms with van der Waals surface area (Å²) in [5.41, 5.74) is 2.42. The number of rotatable bonds is 5. The monoisotopic (exact) mass is 214 g/mol. The first kappa shape index (κ1) is 12.4. The average Bonchev–Trinajstić information content (AvgIpc) is 2.10. The maximum Gasteiger partial charge on any atom is 0.248 e. The molecule has 1 saturated carbocycles. The molecule has 0 spiro atoms. The summed E-state index contributed by atoms with van der Waals surface area (Å²) in [5, 5.41) is 0. The predicted octanol–water partition coefficient (Wildman–Crippen LogP) is -0.608. The van der Waals surface area contributed by atoms with Crippen LogP contribution in [0.15, 0.2) is 0 Å². The predicted molar refractivity (Wildman–Crippen MR) is 60.1 cm³/mol. The summed E-state index contributed by atoms with van der Waals surface area (Å²) in [4.78, 5) is 15.4. The van der Waals surface area contributed by atoms with E-state index in [4.69, 9.17) is 5.84 Å². The number of carbonyl (C=O) groups is 1. The number of nitrogens with zero attached hydrogens (tertiary/aromatic N) is 2. The van der Waals surface area contributed by atoms with Gasteiger partial charge in [-0.25, -0.2) is 5.84 Å². The zero-order valence-electron chi connectivity index (χ0n) is 9.92. The fourth-order valence-corrected chi connectivity index (χ4v) is 2.18. The largest absolute Gasteiger partial charge is 0.302 e. The molecular weight excluding hydrogens is 192 g/mol. The first-order chi connectivity index (χ1) is 7.00. The van der Waals surface area contributed by atoms with E-state index in [-0.39, 0.29) is 11.4 Å². The molecule has 1 aliphatic rings. The zero-order valence-corrected chi connectivity index (χ0v) is 9.92. The first-order valence-electron chi connectivity index (χ1n) is 5.35. The molecule has 5 heteroatoms. The van der Waals surface area contributed by atoms with Crippen molar-refractivity contribution in [3.8, 4) is 0 Å². The number of hydrogen-bond acceptors (Lipinski definition) is 4. The number of nitrogens with one attached hydrogen (secondary N) is 1. The number of carbonyl (C=O) groups excluding carboxylic acids is 1. The number of amides is 1. The molecule has 0 aliphatic heterocycles. The SMILES string of the molecule is CN(CC(=O)NN)CC1(N(C)C)CCC1. The Morgan fingerprint density at radius 1 is 1.40 bits per heavy atom. The second kappa shape index (κ2) is 4.92. The lowest BCUT2D eigenvalue weighted by molar-refractivity contribution is -0.122. The van der Waals surface area contributed by atoms with Crippen LogP contribution in [-0.4, -0.2) is 55.5 Å². The lowest BCUT2D eigenvalue weighted by atomic mass is 9.75. The summed E-state index contributed by atoms with van der Waals surface area (Å²) >= 11 is 0. The van der Waals surface area contributed by atoms with Crippen molar-refractivity contribution in [2.24, 2.45) is 5.84 Å². The van der Waals surface area contributed by atoms with Crippen LogP contribution in [0.3, 0.4) is 0 Å². The van der Waals surface area contributed by atoms with Gasteiger partial charge < -0.3 is 4.90 Å². The Balaban J connectivity index is 2.42. The van der Waals surface area contributed by atoms with Crippen molar-refractivity contribution in [1.29, 1.82) is 0 Å². The molecule has 0 heterocycles. The van der Waals surface area contributed by atoms with E-state index in [1.54, 1.807) is 0 Å². The van der Waals surface area contributed by atoms with Crippen LogP contribution in [0.5, 0.6) is 0 Å². The van der Waals surface area contributed by atoms with Gasteiger partial charge >= 0.3 is 0 Å². The molecule has 0 aromatic rings. The summed E-state index contributed by atoms with van der Waals surface area (Å²) in [6.45, 7) is 1.29. The van der Waals surface area contributed by atoms with Gasteiger partial charge in [0.25, 0.3) is 0 Å². The third-order valence-electron chi connectivity index (χ3n) is 3.37. The average molecular weight is 214 g/mol. The summed E-state index contributed by atoms with van der Waals surface area (Å²) < 4.78 is 0. The molecule has 0 unspecified atom stereocenters. The topological polar surface area (TPSA) is 61.6 Å². The second-order valence-electron chi connectivity index (χ2n) is 4.71. The molecule has 0 aromatic heterocycles. The maximum atomic E-state index is 11.1. The minimum absolute atomic E-state index is 0.134. The first-order valence-corrected chi connectivity index (χ1v) is 5.35. The number of hydrogen-bond donors (Lipinski definition) is 2. The maximum absolute atomic E-state index is 11.1. The van der Waals surface area contributed by atoms with Crippen molar-refractivity contribution in [3.63, 3.8) is 0 Å². The van der Waals surface area contributed by atoms with Crippen molar-refractivity contribution >= 4 is 5.91 Å². The van der Waals surface area contributed by atoms with Gasteiger partial charge in [0, 0.05) is 12.1 Å². The molecule has 88 valence electrons. The van der Waals surface area contributed by atoms with E-state index in [0.717, 1.165) is 6.54 Å². The second-order valence-corrected chi connectivity index (χ2v) is 4.71. The minimum Gasteiger partial charge on any atom is -0.302 e.